The van der Waals surface area contributed by atoms with Crippen molar-refractivity contribution in [2.45, 2.75) is 45.9 Å². The number of nitrogens with two attached hydrogens (primary N) is 1. The lowest BCUT2D eigenvalue weighted by atomic mass is 10.0. The van der Waals surface area contributed by atoms with Gasteiger partial charge in [-0.2, -0.15) is 0 Å². The molecular formula is C22H30N4O. The largest absolute Gasteiger partial charge is 0.393 e. The molecular weight excluding hydrogens is 336 g/mol. The van der Waals surface area contributed by atoms with Gasteiger partial charge in [0, 0.05) is 25.3 Å². The minimum Gasteiger partial charge on any atom is -0.393 e. The van der Waals surface area contributed by atoms with Crippen LogP contribution in [0.4, 0.5) is 5.69 Å². The van der Waals surface area contributed by atoms with Crippen LogP contribution in [0.15, 0.2) is 47.5 Å². The minimum atomic E-state index is -0.141. The molecule has 2 aromatic carbocycles. The van der Waals surface area contributed by atoms with Crippen LogP contribution < -0.4 is 11.1 Å². The maximum Gasteiger partial charge on any atom is 0.193 e. The molecule has 1 aliphatic heterocycles. The molecule has 5 heteroatoms. The van der Waals surface area contributed by atoms with E-state index in [-0.39, 0.29) is 6.10 Å². The Kier molecular flexibility index (Phi) is 6.48. The molecule has 0 unspecified atom stereocenters. The number of aliphatic hydroxyl groups is 1. The summed E-state index contributed by atoms with van der Waals surface area (Å²) in [5.74, 6) is 0.425. The Hall–Kier alpha value is -2.37. The molecule has 1 fully saturated rings. The molecule has 4 N–H and O–H groups in total. The van der Waals surface area contributed by atoms with Gasteiger partial charge in [-0.15, -0.1) is 0 Å². The number of aliphatic imine (C=N–C) groups is 1. The summed E-state index contributed by atoms with van der Waals surface area (Å²) in [4.78, 5) is 6.93. The third kappa shape index (κ3) is 5.55. The molecule has 0 spiro atoms. The van der Waals surface area contributed by atoms with E-state index >= 15 is 0 Å². The lowest BCUT2D eigenvalue weighted by Gasteiger charge is -2.30. The first-order valence-electron chi connectivity index (χ1n) is 9.62. The zero-order chi connectivity index (χ0) is 19.2. The fourth-order valence-electron chi connectivity index (χ4n) is 3.36. The maximum atomic E-state index is 9.68. The van der Waals surface area contributed by atoms with Crippen molar-refractivity contribution in [1.82, 2.24) is 4.90 Å². The van der Waals surface area contributed by atoms with Crippen molar-refractivity contribution in [3.63, 3.8) is 0 Å². The highest BCUT2D eigenvalue weighted by atomic mass is 16.3. The SMILES string of the molecule is Cc1ccc(NC(N)=NCc2ccccc2CN2CCC(O)CC2)cc1C. The molecule has 27 heavy (non-hydrogen) atoms. The average Bonchev–Trinajstić information content (AvgIpc) is 2.66. The molecule has 1 aliphatic rings. The molecule has 0 atom stereocenters. The number of hydrogen-bond acceptors (Lipinski definition) is 3. The second kappa shape index (κ2) is 9.02. The number of aryl methyl sites for hydroxylation is 2. The molecule has 0 amide bonds. The molecule has 144 valence electrons. The fraction of sp³-hybridized carbons (Fsp3) is 0.409. The summed E-state index contributed by atoms with van der Waals surface area (Å²) in [6.45, 7) is 7.50. The van der Waals surface area contributed by atoms with Crippen molar-refractivity contribution in [2.24, 2.45) is 10.7 Å². The first kappa shape index (κ1) is 19.4. The second-order valence-electron chi connectivity index (χ2n) is 7.40. The highest BCUT2D eigenvalue weighted by molar-refractivity contribution is 5.92. The van der Waals surface area contributed by atoms with E-state index in [0.29, 0.717) is 12.5 Å². The number of guanidine groups is 1. The van der Waals surface area contributed by atoms with Crippen molar-refractivity contribution in [2.75, 3.05) is 18.4 Å². The van der Waals surface area contributed by atoms with Gasteiger partial charge >= 0.3 is 0 Å². The maximum absolute atomic E-state index is 9.68. The van der Waals surface area contributed by atoms with Gasteiger partial charge in [0.15, 0.2) is 5.96 Å². The van der Waals surface area contributed by atoms with Gasteiger partial charge in [-0.25, -0.2) is 4.99 Å². The summed E-state index contributed by atoms with van der Waals surface area (Å²) in [5, 5.41) is 12.9. The van der Waals surface area contributed by atoms with Crippen LogP contribution in [0, 0.1) is 13.8 Å². The van der Waals surface area contributed by atoms with Crippen LogP contribution in [0.25, 0.3) is 0 Å². The molecule has 0 bridgehead atoms. The van der Waals surface area contributed by atoms with Gasteiger partial charge in [-0.1, -0.05) is 30.3 Å². The predicted molar refractivity (Wildman–Crippen MR) is 112 cm³/mol. The highest BCUT2D eigenvalue weighted by Crippen LogP contribution is 2.18. The first-order chi connectivity index (χ1) is 13.0. The second-order valence-corrected chi connectivity index (χ2v) is 7.40. The fourth-order valence-corrected chi connectivity index (χ4v) is 3.36. The third-order valence-corrected chi connectivity index (χ3v) is 5.27. The summed E-state index contributed by atoms with van der Waals surface area (Å²) in [7, 11) is 0. The van der Waals surface area contributed by atoms with E-state index in [0.717, 1.165) is 38.2 Å². The van der Waals surface area contributed by atoms with Crippen LogP contribution in [0.2, 0.25) is 0 Å². The summed E-state index contributed by atoms with van der Waals surface area (Å²) in [6, 6.07) is 14.6. The number of nitrogens with zero attached hydrogens (tertiary/aromatic N) is 2. The highest BCUT2D eigenvalue weighted by Gasteiger charge is 2.17. The summed E-state index contributed by atoms with van der Waals surface area (Å²) in [5.41, 5.74) is 12.0. The van der Waals surface area contributed by atoms with Gasteiger partial charge in [0.05, 0.1) is 12.6 Å². The quantitative estimate of drug-likeness (QED) is 0.561. The molecule has 1 saturated heterocycles. The summed E-state index contributed by atoms with van der Waals surface area (Å²) >= 11 is 0. The Bertz CT molecular complexity index is 795. The number of nitrogens with one attached hydrogen (secondary N) is 1. The van der Waals surface area contributed by atoms with Crippen LogP contribution in [0.5, 0.6) is 0 Å². The van der Waals surface area contributed by atoms with Gasteiger partial charge in [0.1, 0.15) is 0 Å². The molecule has 0 aliphatic carbocycles. The molecule has 2 aromatic rings. The Morgan fingerprint density at radius 2 is 1.81 bits per heavy atom. The van der Waals surface area contributed by atoms with Crippen molar-refractivity contribution in [3.8, 4) is 0 Å². The Morgan fingerprint density at radius 1 is 1.11 bits per heavy atom. The van der Waals surface area contributed by atoms with Crippen molar-refractivity contribution in [1.29, 1.82) is 0 Å². The van der Waals surface area contributed by atoms with Gasteiger partial charge in [0.25, 0.3) is 0 Å². The number of aliphatic hydroxyl groups excluding tert-OH is 1. The van der Waals surface area contributed by atoms with E-state index in [1.54, 1.807) is 0 Å². The van der Waals surface area contributed by atoms with E-state index in [1.807, 2.05) is 12.1 Å². The topological polar surface area (TPSA) is 73.9 Å². The monoisotopic (exact) mass is 366 g/mol. The number of anilines is 1. The zero-order valence-electron chi connectivity index (χ0n) is 16.3. The Morgan fingerprint density at radius 3 is 2.52 bits per heavy atom. The third-order valence-electron chi connectivity index (χ3n) is 5.27. The predicted octanol–water partition coefficient (Wildman–Crippen LogP) is 3.19. The summed E-state index contributed by atoms with van der Waals surface area (Å²) in [6.07, 6.45) is 1.57. The zero-order valence-corrected chi connectivity index (χ0v) is 16.3. The first-order valence-corrected chi connectivity index (χ1v) is 9.62. The molecule has 1 heterocycles. The van der Waals surface area contributed by atoms with E-state index in [2.05, 4.69) is 59.4 Å². The minimum absolute atomic E-state index is 0.141. The number of rotatable bonds is 5. The molecule has 0 saturated carbocycles. The Labute approximate surface area is 161 Å². The van der Waals surface area contributed by atoms with Gasteiger partial charge in [-0.05, 0) is 61.1 Å². The van der Waals surface area contributed by atoms with Crippen molar-refractivity contribution < 1.29 is 5.11 Å². The van der Waals surface area contributed by atoms with Crippen LogP contribution in [0.1, 0.15) is 35.1 Å². The molecule has 3 rings (SSSR count). The lowest BCUT2D eigenvalue weighted by molar-refractivity contribution is 0.0791. The van der Waals surface area contributed by atoms with Gasteiger partial charge in [-0.3, -0.25) is 4.90 Å². The smallest absolute Gasteiger partial charge is 0.193 e. The normalized spacial score (nSPS) is 16.5. The van der Waals surface area contributed by atoms with E-state index in [1.165, 1.54) is 22.3 Å². The van der Waals surface area contributed by atoms with E-state index in [9.17, 15) is 5.11 Å². The lowest BCUT2D eigenvalue weighted by Crippen LogP contribution is -2.35. The molecule has 5 nitrogen and oxygen atoms in total. The van der Waals surface area contributed by atoms with Gasteiger partial charge in [0.2, 0.25) is 0 Å². The van der Waals surface area contributed by atoms with E-state index in [4.69, 9.17) is 5.73 Å². The standard InChI is InChI=1S/C22H30N4O/c1-16-7-8-20(13-17(16)2)25-22(23)24-14-18-5-3-4-6-19(18)15-26-11-9-21(27)10-12-26/h3-8,13,21,27H,9-12,14-15H2,1-2H3,(H3,23,24,25). The number of benzene rings is 2. The molecule has 0 aromatic heterocycles. The summed E-state index contributed by atoms with van der Waals surface area (Å²) < 4.78 is 0. The van der Waals surface area contributed by atoms with Crippen molar-refractivity contribution >= 4 is 11.6 Å². The van der Waals surface area contributed by atoms with Crippen molar-refractivity contribution in [3.05, 3.63) is 64.7 Å². The number of piperidine rings is 1. The van der Waals surface area contributed by atoms with Crippen LogP contribution in [0.3, 0.4) is 0 Å². The van der Waals surface area contributed by atoms with Crippen LogP contribution in [-0.4, -0.2) is 35.2 Å². The molecule has 0 radical (unpaired) electrons. The van der Waals surface area contributed by atoms with Crippen LogP contribution >= 0.6 is 0 Å². The van der Waals surface area contributed by atoms with Gasteiger partial charge < -0.3 is 16.2 Å². The number of likely N-dealkylation sites (tertiary alicyclic amines) is 1. The van der Waals surface area contributed by atoms with E-state index < -0.39 is 0 Å². The number of hydrogen-bond donors (Lipinski definition) is 3. The average molecular weight is 367 g/mol. The Balaban J connectivity index is 1.62. The van der Waals surface area contributed by atoms with Crippen LogP contribution in [-0.2, 0) is 13.1 Å².